The predicted molar refractivity (Wildman–Crippen MR) is 73.0 cm³/mol. The summed E-state index contributed by atoms with van der Waals surface area (Å²) in [6.45, 7) is 3.83. The maximum atomic E-state index is 11.5. The van der Waals surface area contributed by atoms with Crippen molar-refractivity contribution in [1.29, 1.82) is 0 Å². The molecule has 0 saturated carbocycles. The lowest BCUT2D eigenvalue weighted by Crippen LogP contribution is -2.09. The first-order chi connectivity index (χ1) is 8.39. The minimum Gasteiger partial charge on any atom is -0.321 e. The fourth-order valence-corrected chi connectivity index (χ4v) is 2.87. The summed E-state index contributed by atoms with van der Waals surface area (Å²) in [6, 6.07) is 12.7. The lowest BCUT2D eigenvalue weighted by molar-refractivity contribution is 0.387. The third-order valence-corrected chi connectivity index (χ3v) is 3.91. The van der Waals surface area contributed by atoms with E-state index in [9.17, 15) is 14.4 Å². The molecule has 18 heavy (non-hydrogen) atoms. The maximum Gasteiger partial charge on any atom is 0.356 e. The van der Waals surface area contributed by atoms with Crippen LogP contribution in [0.1, 0.15) is 11.1 Å². The van der Waals surface area contributed by atoms with Crippen LogP contribution in [0, 0.1) is 13.8 Å². The Balaban J connectivity index is 2.70. The minimum absolute atomic E-state index is 0.0892. The van der Waals surface area contributed by atoms with Crippen molar-refractivity contribution in [3.63, 3.8) is 0 Å². The first-order valence-electron chi connectivity index (χ1n) is 5.62. The van der Waals surface area contributed by atoms with E-state index in [0.29, 0.717) is 5.56 Å². The van der Waals surface area contributed by atoms with Gasteiger partial charge in [-0.15, -0.1) is 0 Å². The van der Waals surface area contributed by atoms with E-state index in [1.54, 1.807) is 6.07 Å². The molecule has 0 aliphatic heterocycles. The van der Waals surface area contributed by atoms with Crippen LogP contribution >= 0.6 is 7.60 Å². The van der Waals surface area contributed by atoms with Crippen molar-refractivity contribution >= 4 is 12.9 Å². The number of aryl methyl sites for hydroxylation is 2. The average molecular weight is 262 g/mol. The first-order valence-corrected chi connectivity index (χ1v) is 7.23. The van der Waals surface area contributed by atoms with Gasteiger partial charge in [0.05, 0.1) is 5.30 Å². The van der Waals surface area contributed by atoms with Gasteiger partial charge < -0.3 is 9.79 Å². The number of hydrogen-bond acceptors (Lipinski definition) is 1. The monoisotopic (exact) mass is 262 g/mol. The van der Waals surface area contributed by atoms with Gasteiger partial charge in [-0.25, -0.2) is 0 Å². The van der Waals surface area contributed by atoms with Crippen molar-refractivity contribution in [2.75, 3.05) is 0 Å². The van der Waals surface area contributed by atoms with Crippen molar-refractivity contribution in [3.8, 4) is 11.1 Å². The van der Waals surface area contributed by atoms with E-state index in [1.807, 2.05) is 44.2 Å². The van der Waals surface area contributed by atoms with Crippen LogP contribution in [0.25, 0.3) is 11.1 Å². The lowest BCUT2D eigenvalue weighted by Gasteiger charge is -2.14. The zero-order valence-electron chi connectivity index (χ0n) is 10.3. The van der Waals surface area contributed by atoms with Crippen LogP contribution in [0.15, 0.2) is 42.5 Å². The zero-order chi connectivity index (χ0) is 13.3. The fraction of sp³-hybridized carbons (Fsp3) is 0.143. The molecule has 0 aliphatic carbocycles. The SMILES string of the molecule is Cc1ccc(-c2c(C)cccc2P(=O)(O)O)cc1. The molecule has 0 radical (unpaired) electrons. The number of rotatable bonds is 2. The van der Waals surface area contributed by atoms with Crippen molar-refractivity contribution in [2.24, 2.45) is 0 Å². The molecule has 0 heterocycles. The van der Waals surface area contributed by atoms with Crippen molar-refractivity contribution in [3.05, 3.63) is 53.6 Å². The van der Waals surface area contributed by atoms with Gasteiger partial charge in [-0.1, -0.05) is 42.0 Å². The van der Waals surface area contributed by atoms with Crippen LogP contribution in [0.5, 0.6) is 0 Å². The largest absolute Gasteiger partial charge is 0.356 e. The van der Waals surface area contributed by atoms with E-state index in [2.05, 4.69) is 0 Å². The molecule has 0 atom stereocenters. The van der Waals surface area contributed by atoms with Gasteiger partial charge in [-0.3, -0.25) is 4.57 Å². The second-order valence-electron chi connectivity index (χ2n) is 4.38. The molecule has 0 spiro atoms. The van der Waals surface area contributed by atoms with E-state index in [-0.39, 0.29) is 5.30 Å². The Morgan fingerprint density at radius 3 is 2.11 bits per heavy atom. The van der Waals surface area contributed by atoms with Gasteiger partial charge in [0.15, 0.2) is 0 Å². The zero-order valence-corrected chi connectivity index (χ0v) is 11.2. The van der Waals surface area contributed by atoms with Gasteiger partial charge in [0.2, 0.25) is 0 Å². The third kappa shape index (κ3) is 2.54. The second kappa shape index (κ2) is 4.69. The molecule has 0 aliphatic rings. The lowest BCUT2D eigenvalue weighted by atomic mass is 10.00. The Kier molecular flexibility index (Phi) is 3.40. The predicted octanol–water partition coefficient (Wildman–Crippen LogP) is 2.77. The quantitative estimate of drug-likeness (QED) is 0.818. The fourth-order valence-electron chi connectivity index (χ4n) is 1.99. The molecule has 0 bridgehead atoms. The molecule has 94 valence electrons. The first kappa shape index (κ1) is 13.0. The Morgan fingerprint density at radius 1 is 0.944 bits per heavy atom. The Morgan fingerprint density at radius 2 is 1.56 bits per heavy atom. The molecule has 0 amide bonds. The summed E-state index contributed by atoms with van der Waals surface area (Å²) in [5, 5.41) is 0.0892. The summed E-state index contributed by atoms with van der Waals surface area (Å²) in [7, 11) is -4.26. The van der Waals surface area contributed by atoms with E-state index in [4.69, 9.17) is 0 Å². The molecule has 0 aromatic heterocycles. The van der Waals surface area contributed by atoms with Crippen LogP contribution in [-0.4, -0.2) is 9.79 Å². The molecule has 2 N–H and O–H groups in total. The second-order valence-corrected chi connectivity index (χ2v) is 5.95. The molecule has 3 nitrogen and oxygen atoms in total. The highest BCUT2D eigenvalue weighted by molar-refractivity contribution is 7.60. The summed E-state index contributed by atoms with van der Waals surface area (Å²) in [4.78, 5) is 18.8. The van der Waals surface area contributed by atoms with Crippen molar-refractivity contribution < 1.29 is 14.4 Å². The van der Waals surface area contributed by atoms with Gasteiger partial charge in [0.25, 0.3) is 0 Å². The van der Waals surface area contributed by atoms with Crippen LogP contribution in [0.2, 0.25) is 0 Å². The smallest absolute Gasteiger partial charge is 0.321 e. The molecular weight excluding hydrogens is 247 g/mol. The van der Waals surface area contributed by atoms with Crippen molar-refractivity contribution in [1.82, 2.24) is 0 Å². The Labute approximate surface area is 106 Å². The Hall–Kier alpha value is -1.41. The summed E-state index contributed by atoms with van der Waals surface area (Å²) >= 11 is 0. The molecular formula is C14H15O3P. The standard InChI is InChI=1S/C14H15O3P/c1-10-6-8-12(9-7-10)14-11(2)4-3-5-13(14)18(15,16)17/h3-9H,1-2H3,(H2,15,16,17). The molecule has 0 fully saturated rings. The maximum absolute atomic E-state index is 11.5. The Bertz CT molecular complexity index is 611. The summed E-state index contributed by atoms with van der Waals surface area (Å²) in [5.41, 5.74) is 3.44. The average Bonchev–Trinajstić information content (AvgIpc) is 2.29. The van der Waals surface area contributed by atoms with Crippen LogP contribution in [-0.2, 0) is 4.57 Å². The van der Waals surface area contributed by atoms with Gasteiger partial charge in [0.1, 0.15) is 0 Å². The van der Waals surface area contributed by atoms with E-state index < -0.39 is 7.60 Å². The van der Waals surface area contributed by atoms with Crippen LogP contribution < -0.4 is 5.30 Å². The summed E-state index contributed by atoms with van der Waals surface area (Å²) in [5.74, 6) is 0. The van der Waals surface area contributed by atoms with Gasteiger partial charge in [-0.05, 0) is 36.6 Å². The number of benzene rings is 2. The van der Waals surface area contributed by atoms with Crippen molar-refractivity contribution in [2.45, 2.75) is 13.8 Å². The van der Waals surface area contributed by atoms with Gasteiger partial charge >= 0.3 is 7.60 Å². The minimum atomic E-state index is -4.26. The van der Waals surface area contributed by atoms with Crippen LogP contribution in [0.4, 0.5) is 0 Å². The molecule has 2 aromatic rings. The van der Waals surface area contributed by atoms with E-state index >= 15 is 0 Å². The van der Waals surface area contributed by atoms with E-state index in [1.165, 1.54) is 6.07 Å². The van der Waals surface area contributed by atoms with E-state index in [0.717, 1.165) is 16.7 Å². The highest BCUT2D eigenvalue weighted by Gasteiger charge is 2.23. The molecule has 2 rings (SSSR count). The molecule has 2 aromatic carbocycles. The third-order valence-electron chi connectivity index (χ3n) is 2.90. The van der Waals surface area contributed by atoms with Gasteiger partial charge in [-0.2, -0.15) is 0 Å². The highest BCUT2D eigenvalue weighted by atomic mass is 31.2. The summed E-state index contributed by atoms with van der Waals surface area (Å²) < 4.78 is 11.5. The molecule has 0 saturated heterocycles. The van der Waals surface area contributed by atoms with Crippen LogP contribution in [0.3, 0.4) is 0 Å². The molecule has 4 heteroatoms. The molecule has 0 unspecified atom stereocenters. The summed E-state index contributed by atoms with van der Waals surface area (Å²) in [6.07, 6.45) is 0. The normalized spacial score (nSPS) is 11.6. The number of hydrogen-bond donors (Lipinski definition) is 2. The topological polar surface area (TPSA) is 57.5 Å². The highest BCUT2D eigenvalue weighted by Crippen LogP contribution is 2.39. The van der Waals surface area contributed by atoms with Gasteiger partial charge in [0, 0.05) is 0 Å².